The van der Waals surface area contributed by atoms with Gasteiger partial charge in [0.05, 0.1) is 22.3 Å². The Morgan fingerprint density at radius 1 is 1.14 bits per heavy atom. The molecular weight excluding hydrogens is 476 g/mol. The quantitative estimate of drug-likeness (QED) is 0.421. The van der Waals surface area contributed by atoms with E-state index in [4.69, 9.17) is 17.3 Å². The minimum absolute atomic E-state index is 0.0587. The molecule has 2 aromatic carbocycles. The molecule has 29 heavy (non-hydrogen) atoms. The molecule has 0 fully saturated rings. The fourth-order valence-electron chi connectivity index (χ4n) is 2.63. The highest BCUT2D eigenvalue weighted by Gasteiger charge is 2.23. The summed E-state index contributed by atoms with van der Waals surface area (Å²) in [5, 5.41) is 11.9. The van der Waals surface area contributed by atoms with Crippen LogP contribution in [0.3, 0.4) is 0 Å². The number of aliphatic carboxylic acids is 1. The molecule has 1 unspecified atom stereocenters. The Kier molecular flexibility index (Phi) is 8.76. The number of thiocarbonyl (C=S) groups is 1. The largest absolute Gasteiger partial charge is 0.481 e. The van der Waals surface area contributed by atoms with Gasteiger partial charge in [0.2, 0.25) is 10.0 Å². The molecule has 0 radical (unpaired) electrons. The van der Waals surface area contributed by atoms with Gasteiger partial charge in [-0.3, -0.25) is 4.79 Å². The molecule has 156 valence electrons. The first kappa shape index (κ1) is 23.5. The lowest BCUT2D eigenvalue weighted by atomic mass is 10.1. The predicted octanol–water partition coefficient (Wildman–Crippen LogP) is 4.35. The smallest absolute Gasteiger partial charge is 0.307 e. The van der Waals surface area contributed by atoms with Gasteiger partial charge in [-0.2, -0.15) is 0 Å². The van der Waals surface area contributed by atoms with Gasteiger partial charge in [-0.1, -0.05) is 60.0 Å². The maximum atomic E-state index is 12.8. The molecule has 3 N–H and O–H groups in total. The molecule has 0 amide bonds. The van der Waals surface area contributed by atoms with Crippen LogP contribution in [0.25, 0.3) is 0 Å². The second-order valence-corrected chi connectivity index (χ2v) is 9.60. The van der Waals surface area contributed by atoms with Gasteiger partial charge in [-0.15, -0.1) is 0 Å². The van der Waals surface area contributed by atoms with Crippen molar-refractivity contribution >= 4 is 54.8 Å². The number of sulfonamides is 1. The monoisotopic (exact) mass is 498 g/mol. The zero-order valence-corrected chi connectivity index (χ0v) is 19.1. The first-order valence-electron chi connectivity index (χ1n) is 9.10. The minimum atomic E-state index is -3.73. The number of benzene rings is 2. The summed E-state index contributed by atoms with van der Waals surface area (Å²) in [5.41, 5.74) is 1.35. The maximum absolute atomic E-state index is 12.8. The van der Waals surface area contributed by atoms with Crippen LogP contribution < -0.4 is 10.0 Å². The number of rotatable bonds is 10. The molecular formula is C20H23BrN2O4S2. The zero-order chi connectivity index (χ0) is 21.4. The van der Waals surface area contributed by atoms with Crippen LogP contribution in [0.1, 0.15) is 31.7 Å². The number of anilines is 1. The molecule has 0 saturated carbocycles. The molecule has 0 bridgehead atoms. The van der Waals surface area contributed by atoms with Crippen LogP contribution in [0, 0.1) is 0 Å². The summed E-state index contributed by atoms with van der Waals surface area (Å²) in [6.07, 6.45) is 2.22. The Morgan fingerprint density at radius 3 is 2.31 bits per heavy atom. The van der Waals surface area contributed by atoms with E-state index in [0.29, 0.717) is 22.7 Å². The van der Waals surface area contributed by atoms with Gasteiger partial charge in [0, 0.05) is 10.2 Å². The molecule has 2 rings (SSSR count). The van der Waals surface area contributed by atoms with E-state index in [1.165, 1.54) is 12.1 Å². The van der Waals surface area contributed by atoms with E-state index in [2.05, 4.69) is 26.0 Å². The van der Waals surface area contributed by atoms with Gasteiger partial charge >= 0.3 is 5.97 Å². The van der Waals surface area contributed by atoms with Crippen LogP contribution in [0.4, 0.5) is 5.69 Å². The van der Waals surface area contributed by atoms with Gasteiger partial charge in [0.25, 0.3) is 0 Å². The summed E-state index contributed by atoms with van der Waals surface area (Å²) in [7, 11) is -3.73. The average molecular weight is 499 g/mol. The number of halogens is 1. The number of hydrogen-bond donors (Lipinski definition) is 3. The highest BCUT2D eigenvalue weighted by Crippen LogP contribution is 2.17. The van der Waals surface area contributed by atoms with E-state index in [1.54, 1.807) is 36.4 Å². The van der Waals surface area contributed by atoms with Crippen molar-refractivity contribution in [3.8, 4) is 0 Å². The van der Waals surface area contributed by atoms with Crippen molar-refractivity contribution in [2.24, 2.45) is 0 Å². The SMILES string of the molecule is CCCCC(NS(=O)(=O)c1ccc(Br)cc1)C(=S)Nc1ccc(CC(=O)O)cc1. The molecule has 0 spiro atoms. The van der Waals surface area contributed by atoms with Crippen LogP contribution in [0.5, 0.6) is 0 Å². The maximum Gasteiger partial charge on any atom is 0.307 e. The van der Waals surface area contributed by atoms with Crippen LogP contribution in [0.15, 0.2) is 57.9 Å². The summed E-state index contributed by atoms with van der Waals surface area (Å²) in [4.78, 5) is 11.3. The molecule has 0 aromatic heterocycles. The van der Waals surface area contributed by atoms with E-state index < -0.39 is 22.0 Å². The fourth-order valence-corrected chi connectivity index (χ4v) is 4.51. The molecule has 0 saturated heterocycles. The molecule has 9 heteroatoms. The predicted molar refractivity (Wildman–Crippen MR) is 122 cm³/mol. The Bertz CT molecular complexity index is 945. The van der Waals surface area contributed by atoms with E-state index in [1.807, 2.05) is 6.92 Å². The molecule has 1 atom stereocenters. The summed E-state index contributed by atoms with van der Waals surface area (Å²) >= 11 is 8.77. The molecule has 0 aliphatic carbocycles. The van der Waals surface area contributed by atoms with Crippen molar-refractivity contribution in [3.63, 3.8) is 0 Å². The van der Waals surface area contributed by atoms with Gasteiger partial charge in [0.1, 0.15) is 0 Å². The first-order valence-corrected chi connectivity index (χ1v) is 11.8. The van der Waals surface area contributed by atoms with Crippen molar-refractivity contribution in [3.05, 3.63) is 58.6 Å². The van der Waals surface area contributed by atoms with E-state index in [-0.39, 0.29) is 11.3 Å². The second-order valence-electron chi connectivity index (χ2n) is 6.53. The summed E-state index contributed by atoms with van der Waals surface area (Å²) in [6.45, 7) is 2.03. The Balaban J connectivity index is 2.12. The lowest BCUT2D eigenvalue weighted by Gasteiger charge is -2.21. The first-order chi connectivity index (χ1) is 13.7. The lowest BCUT2D eigenvalue weighted by molar-refractivity contribution is -0.136. The van der Waals surface area contributed by atoms with Crippen molar-refractivity contribution in [2.75, 3.05) is 5.32 Å². The van der Waals surface area contributed by atoms with E-state index in [0.717, 1.165) is 17.3 Å². The van der Waals surface area contributed by atoms with Crippen molar-refractivity contribution in [1.82, 2.24) is 4.72 Å². The van der Waals surface area contributed by atoms with Gasteiger partial charge in [-0.25, -0.2) is 13.1 Å². The van der Waals surface area contributed by atoms with Crippen molar-refractivity contribution in [1.29, 1.82) is 0 Å². The molecule has 6 nitrogen and oxygen atoms in total. The average Bonchev–Trinajstić information content (AvgIpc) is 2.66. The lowest BCUT2D eigenvalue weighted by Crippen LogP contribution is -2.42. The molecule has 0 aliphatic heterocycles. The van der Waals surface area contributed by atoms with E-state index in [9.17, 15) is 13.2 Å². The molecule has 2 aromatic rings. The van der Waals surface area contributed by atoms with Crippen LogP contribution in [-0.2, 0) is 21.2 Å². The molecule has 0 aliphatic rings. The van der Waals surface area contributed by atoms with Gasteiger partial charge in [-0.05, 0) is 48.4 Å². The van der Waals surface area contributed by atoms with Gasteiger partial charge in [0.15, 0.2) is 0 Å². The summed E-state index contributed by atoms with van der Waals surface area (Å²) in [6, 6.07) is 12.7. The zero-order valence-electron chi connectivity index (χ0n) is 15.9. The van der Waals surface area contributed by atoms with E-state index >= 15 is 0 Å². The Labute approximate surface area is 184 Å². The minimum Gasteiger partial charge on any atom is -0.481 e. The number of carbonyl (C=O) groups is 1. The second kappa shape index (κ2) is 10.8. The third-order valence-electron chi connectivity index (χ3n) is 4.16. The summed E-state index contributed by atoms with van der Waals surface area (Å²) < 4.78 is 29.0. The third kappa shape index (κ3) is 7.50. The molecule has 0 heterocycles. The number of nitrogens with one attached hydrogen (secondary N) is 2. The highest BCUT2D eigenvalue weighted by molar-refractivity contribution is 9.10. The highest BCUT2D eigenvalue weighted by atomic mass is 79.9. The number of unbranched alkanes of at least 4 members (excludes halogenated alkanes) is 1. The van der Waals surface area contributed by atoms with Crippen molar-refractivity contribution < 1.29 is 18.3 Å². The van der Waals surface area contributed by atoms with Crippen molar-refractivity contribution in [2.45, 2.75) is 43.5 Å². The normalized spacial score (nSPS) is 12.3. The van der Waals surface area contributed by atoms with Crippen LogP contribution in [0.2, 0.25) is 0 Å². The summed E-state index contributed by atoms with van der Waals surface area (Å²) in [5.74, 6) is -0.900. The van der Waals surface area contributed by atoms with Crippen LogP contribution >= 0.6 is 28.1 Å². The third-order valence-corrected chi connectivity index (χ3v) is 6.56. The fraction of sp³-hybridized carbons (Fsp3) is 0.300. The van der Waals surface area contributed by atoms with Gasteiger partial charge < -0.3 is 10.4 Å². The Morgan fingerprint density at radius 2 is 1.76 bits per heavy atom. The standard InChI is InChI=1S/C20H23BrN2O4S2/c1-2-3-4-18(23-29(26,27)17-11-7-15(21)8-12-17)20(28)22-16-9-5-14(6-10-16)13-19(24)25/h5-12,18,23H,2-4,13H2,1H3,(H,22,28)(H,24,25). The Hall–Kier alpha value is -1.81. The topological polar surface area (TPSA) is 95.5 Å². The number of carboxylic acids is 1. The number of carboxylic acid groups (broad SMARTS) is 1. The van der Waals surface area contributed by atoms with Crippen LogP contribution in [-0.4, -0.2) is 30.5 Å². The number of hydrogen-bond acceptors (Lipinski definition) is 4.